The Labute approximate surface area is 1010 Å². The molecule has 0 saturated carbocycles. The molecule has 0 radical (unpaired) electrons. The fraction of sp³-hybridized carbons (Fsp3) is 0. The van der Waals surface area contributed by atoms with E-state index in [4.69, 9.17) is 72.7 Å². The number of fused-ring (bicyclic) bond motifs is 15. The van der Waals surface area contributed by atoms with Crippen molar-refractivity contribution in [1.29, 1.82) is 0 Å². The van der Waals surface area contributed by atoms with Crippen molar-refractivity contribution in [2.75, 3.05) is 0 Å². The summed E-state index contributed by atoms with van der Waals surface area (Å²) in [5.74, 6) is 0. The van der Waals surface area contributed by atoms with Crippen molar-refractivity contribution >= 4 is 162 Å². The van der Waals surface area contributed by atoms with Crippen LogP contribution in [0.2, 0.25) is 0 Å². The summed E-state index contributed by atoms with van der Waals surface area (Å²) < 4.78 is 874. The minimum atomic E-state index is -1.21. The van der Waals surface area contributed by atoms with Gasteiger partial charge in [0.25, 0.3) is 0 Å². The molecule has 30 aromatic carbocycles. The molecule has 0 saturated heterocycles. The van der Waals surface area contributed by atoms with Gasteiger partial charge in [-0.05, 0) is 362 Å². The maximum absolute atomic E-state index is 10.3. The van der Waals surface area contributed by atoms with Gasteiger partial charge in [0.15, 0.2) is 0 Å². The predicted octanol–water partition coefficient (Wildman–Crippen LogP) is 42.4. The molecule has 30 rings (SSSR count). The molecule has 0 heteroatoms. The summed E-state index contributed by atoms with van der Waals surface area (Å²) in [4.78, 5) is 0. The summed E-state index contributed by atoms with van der Waals surface area (Å²) in [5, 5.41) is -23.6. The number of rotatable bonds is 12. The molecule has 150 heavy (non-hydrogen) atoms. The summed E-state index contributed by atoms with van der Waals surface area (Å²) in [6.07, 6.45) is 0. The zero-order chi connectivity index (χ0) is 183. The van der Waals surface area contributed by atoms with Crippen molar-refractivity contribution in [3.8, 4) is 134 Å². The molecule has 0 fully saturated rings. The topological polar surface area (TPSA) is 0 Å². The van der Waals surface area contributed by atoms with Gasteiger partial charge in [-0.2, -0.15) is 0 Å². The molecule has 0 aliphatic rings. The fourth-order valence-electron chi connectivity index (χ4n) is 17.3. The Bertz CT molecular complexity index is 17100. The van der Waals surface area contributed by atoms with E-state index < -0.39 is 875 Å². The molecule has 0 aliphatic heterocycles. The van der Waals surface area contributed by atoms with Crippen LogP contribution in [0, 0.1) is 0 Å². The molecule has 0 N–H and O–H groups in total. The van der Waals surface area contributed by atoms with Crippen LogP contribution in [0.3, 0.4) is 0 Å². The first kappa shape index (κ1) is 34.1. The normalized spacial score (nSPS) is 20.6. The monoisotopic (exact) mass is 1990 g/mol. The van der Waals surface area contributed by atoms with Crippen molar-refractivity contribution in [3.05, 3.63) is 580 Å². The third-order valence-corrected chi connectivity index (χ3v) is 23.9. The molecule has 0 aliphatic carbocycles. The highest BCUT2D eigenvalue weighted by Crippen LogP contribution is 2.53. The summed E-state index contributed by atoms with van der Waals surface area (Å²) in [6, 6.07) is -98.5. The van der Waals surface area contributed by atoms with Crippen LogP contribution in [0.1, 0.15) is 132 Å². The summed E-state index contributed by atoms with van der Waals surface area (Å²) in [6.45, 7) is 0. The molecular weight excluding hydrogens is 1800 g/mol. The van der Waals surface area contributed by atoms with E-state index in [0.717, 1.165) is 0 Å². The van der Waals surface area contributed by atoms with Crippen LogP contribution in [0.5, 0.6) is 0 Å². The minimum absolute atomic E-state index is 0.638. The Morgan fingerprint density at radius 3 is 0.500 bits per heavy atom. The first-order valence-electron chi connectivity index (χ1n) is 92.2. The summed E-state index contributed by atoms with van der Waals surface area (Å²) >= 11 is 0. The predicted molar refractivity (Wildman–Crippen MR) is 647 cm³/mol. The second-order valence-corrected chi connectivity index (χ2v) is 32.2. The van der Waals surface area contributed by atoms with Crippen LogP contribution in [-0.2, 0) is 0 Å². The number of benzene rings is 30. The average molecular weight is 2000 g/mol. The fourth-order valence-corrected chi connectivity index (χ4v) is 17.3. The first-order chi connectivity index (χ1) is 114. The van der Waals surface area contributed by atoms with E-state index in [-0.39, 0.29) is 0 Å². The van der Waals surface area contributed by atoms with Crippen LogP contribution < -0.4 is 0 Å². The van der Waals surface area contributed by atoms with Gasteiger partial charge >= 0.3 is 0 Å². The SMILES string of the molecule is [2H]c1c([2H])c(-c2c([2H])c([2H])c([2H])c3c([2H])c([2H])c([2H])c([2H])c23)c([2H])c(-c2c3c([2H])c([2H])c([2H])c([2H])c3c(-c3c([2H])c([2H])c4c([2H])c([2H])c([2H])c([2H])c4c3[2H])c3c([2H])c(-c4c([2H])c([2H])c5c([2H])c([2H])c([2H])c([2H])c5c4[2H])c([2H])c([2H])c23)c1[2H].[2H]c1c([2H])c(-c2c([2H])c([2H])c([2H])c3c([2H])c([2H])c([2H])c([2H])c23)c([2H])c(-c2c3c([2H])c([2H])c([2H])c([2H])c3c(-c3c([2H])c([2H])c4c([2H])c([2H])c([2H])c([2H])c4c3[2H])c3c([2H])c([2H])c(-c4c([2H])c([2H])c([2H])c5c([2H])c([2H])c([2H])c([2H])c45)c([2H])c23)c1[2H].[2H]c1c([2H])c(-c2c([2H])c([2H])c([2H])c3c([2H])c([2H])c([2H])c([2H])c23)c([2H])c(-c2c3c([2H])c([2H])c([2H])c([2H])c3c(-c3c([2H])c([2H])c4c([2H])c([2H])c([2H])c([2H])c4c3[2H])c3c([2H])c([2H])c(-c4c([2H])c([2H])c5c([2H])c([2H])c([2H])c([2H])c5c4[2H])c([2H])c23)c1[2H]. The lowest BCUT2D eigenvalue weighted by Crippen LogP contribution is -1.92. The molecule has 0 atom stereocenters. The van der Waals surface area contributed by atoms with Gasteiger partial charge in [0.2, 0.25) is 0 Å². The second-order valence-electron chi connectivity index (χ2n) is 32.2. The van der Waals surface area contributed by atoms with E-state index in [2.05, 4.69) is 0 Å². The van der Waals surface area contributed by atoms with Gasteiger partial charge in [-0.25, -0.2) is 0 Å². The van der Waals surface area contributed by atoms with Crippen molar-refractivity contribution in [2.24, 2.45) is 0 Å². The summed E-state index contributed by atoms with van der Waals surface area (Å²) in [7, 11) is 0. The quantitative estimate of drug-likeness (QED) is 0.107. The summed E-state index contributed by atoms with van der Waals surface area (Å²) in [5.41, 5.74) is -22.4. The molecule has 0 bridgehead atoms. The lowest BCUT2D eigenvalue weighted by atomic mass is 9.83. The van der Waals surface area contributed by atoms with Gasteiger partial charge in [0.1, 0.15) is 0 Å². The van der Waals surface area contributed by atoms with Crippen LogP contribution in [0.25, 0.3) is 295 Å². The maximum atomic E-state index is 10.3. The molecule has 696 valence electrons. The van der Waals surface area contributed by atoms with E-state index >= 15 is 0 Å². The molecule has 0 unspecified atom stereocenters. The van der Waals surface area contributed by atoms with Gasteiger partial charge in [-0.3, -0.25) is 0 Å². The van der Waals surface area contributed by atoms with Crippen molar-refractivity contribution < 1.29 is 132 Å². The Hall–Kier alpha value is -19.5. The highest BCUT2D eigenvalue weighted by Gasteiger charge is 2.25. The largest absolute Gasteiger partial charge is 0.0636 e. The average Bonchev–Trinajstić information content (AvgIpc) is 0.679. The van der Waals surface area contributed by atoms with Gasteiger partial charge in [-0.15, -0.1) is 0 Å². The van der Waals surface area contributed by atoms with Crippen molar-refractivity contribution in [1.82, 2.24) is 0 Å². The zero-order valence-corrected chi connectivity index (χ0v) is 75.0. The van der Waals surface area contributed by atoms with Gasteiger partial charge in [0.05, 0.1) is 132 Å². The van der Waals surface area contributed by atoms with Crippen LogP contribution in [0.4, 0.5) is 0 Å². The second kappa shape index (κ2) is 37.6. The van der Waals surface area contributed by atoms with E-state index in [0.29, 0.717) is 0 Å². The molecule has 0 nitrogen and oxygen atoms in total. The zero-order valence-electron chi connectivity index (χ0n) is 171. The van der Waals surface area contributed by atoms with Crippen LogP contribution in [0.15, 0.2) is 580 Å². The molecule has 0 aromatic heterocycles. The number of hydrogen-bond acceptors (Lipinski definition) is 0. The van der Waals surface area contributed by atoms with Gasteiger partial charge in [0, 0.05) is 0 Å². The third kappa shape index (κ3) is 15.9. The lowest BCUT2D eigenvalue weighted by Gasteiger charge is -2.20. The van der Waals surface area contributed by atoms with Crippen molar-refractivity contribution in [3.63, 3.8) is 0 Å². The highest BCUT2D eigenvalue weighted by molar-refractivity contribution is 6.27. The minimum Gasteiger partial charge on any atom is -0.0616 e. The van der Waals surface area contributed by atoms with E-state index in [9.17, 15) is 58.9 Å². The Morgan fingerprint density at radius 1 is 0.0800 bits per heavy atom. The Morgan fingerprint density at radius 2 is 0.233 bits per heavy atom. The van der Waals surface area contributed by atoms with Crippen molar-refractivity contribution in [2.45, 2.75) is 0 Å². The highest BCUT2D eigenvalue weighted by atomic mass is 14.3. The smallest absolute Gasteiger partial charge is 0.0616 e. The molecule has 0 amide bonds. The van der Waals surface area contributed by atoms with Gasteiger partial charge in [-0.1, -0.05) is 514 Å². The number of hydrogen-bond donors (Lipinski definition) is 0. The van der Waals surface area contributed by atoms with E-state index in [1.54, 1.807) is 0 Å². The molecule has 0 spiro atoms. The molecule has 0 heterocycles. The Balaban J connectivity index is 0.000000157. The standard InChI is InChI=1S/3C50H32/c1-3-14-36-29-38(25-23-33(36)11-1)39-27-28-47-48(32-39)50(41-18-9-17-40(31-41)44-22-10-16-35-13-5-6-19-43(35)44)46-21-8-7-20-45(46)49(47)42-26-24-34-12-2-4-15-37(34)30-42;1-3-14-36-29-38(25-23-33(36)11-1)39-27-28-47-48(32-39)50(42-26-24-34-12-2-4-15-37(34)30-42)46-21-8-7-20-45(46)49(47)41-18-9-17-40(31-41)44-22-10-16-35-13-5-6-19-43(35)44;1-2-15-36-30-40(27-26-33(36)12-1)49-45-22-7-8-23-46(45)50(39-19-9-18-37(31-39)43-24-10-16-34-13-3-5-20-41(34)43)48-32-38(28-29-47(48)49)44-25-11-17-35-14-4-6-21-42(35)44/h3*1-32H/i3*1D,2D,3D,4D,5D,6D,7D,8D,9D,10D,11D,12D,13D,14D,15D,16D,17D,18D,19D,20D,21D,22D,23D,24D,25D,26D,27D,28D,29D,30D,31D,32D. The van der Waals surface area contributed by atoms with Crippen LogP contribution in [-0.4, -0.2) is 0 Å². The van der Waals surface area contributed by atoms with Crippen LogP contribution >= 0.6 is 0 Å². The van der Waals surface area contributed by atoms with E-state index in [1.165, 1.54) is 0 Å². The van der Waals surface area contributed by atoms with Gasteiger partial charge < -0.3 is 0 Å². The maximum Gasteiger partial charge on any atom is 0.0636 e. The lowest BCUT2D eigenvalue weighted by molar-refractivity contribution is 1.63. The Kier molecular flexibility index (Phi) is 8.53. The third-order valence-electron chi connectivity index (χ3n) is 23.9. The first-order valence-corrected chi connectivity index (χ1v) is 44.2. The van der Waals surface area contributed by atoms with E-state index in [1.807, 2.05) is 0 Å². The molecular formula is C150H96. The molecule has 30 aromatic rings.